The van der Waals surface area contributed by atoms with Gasteiger partial charge in [0.15, 0.2) is 12.4 Å². The molecule has 1 aromatic rings. The fraction of sp³-hybridized carbons (Fsp3) is 0.607. The zero-order chi connectivity index (χ0) is 31.3. The molecule has 4 amide bonds. The third-order valence-electron chi connectivity index (χ3n) is 6.42. The minimum absolute atomic E-state index is 0.0146. The molecule has 1 fully saturated rings. The monoisotopic (exact) mass is 609 g/mol. The molecule has 1 heterocycles. The summed E-state index contributed by atoms with van der Waals surface area (Å²) < 4.78 is 26.5. The van der Waals surface area contributed by atoms with Gasteiger partial charge in [-0.15, -0.1) is 4.52 Å². The van der Waals surface area contributed by atoms with Crippen molar-refractivity contribution in [1.82, 2.24) is 21.3 Å². The maximum absolute atomic E-state index is 13.4. The number of epoxide rings is 1. The maximum Gasteiger partial charge on any atom is 0.507 e. The molecule has 5 atom stereocenters. The molecule has 1 aromatic carbocycles. The van der Waals surface area contributed by atoms with Crippen molar-refractivity contribution in [2.24, 2.45) is 5.92 Å². The Kier molecular flexibility index (Phi) is 14.2. The van der Waals surface area contributed by atoms with E-state index in [4.69, 9.17) is 14.0 Å². The van der Waals surface area contributed by atoms with Crippen LogP contribution in [0.5, 0.6) is 0 Å². The van der Waals surface area contributed by atoms with Crippen molar-refractivity contribution in [1.29, 1.82) is 0 Å². The Labute approximate surface area is 247 Å². The van der Waals surface area contributed by atoms with E-state index < -0.39 is 55.4 Å². The summed E-state index contributed by atoms with van der Waals surface area (Å²) in [5, 5.41) is 10.4. The highest BCUT2D eigenvalue weighted by Crippen LogP contribution is 2.26. The Morgan fingerprint density at radius 3 is 2.17 bits per heavy atom. The van der Waals surface area contributed by atoms with Gasteiger partial charge >= 0.3 is 8.03 Å². The number of aryl methyl sites for hydroxylation is 1. The third kappa shape index (κ3) is 12.7. The molecule has 0 aliphatic carbocycles. The minimum atomic E-state index is -1.95. The van der Waals surface area contributed by atoms with Gasteiger partial charge in [-0.25, -0.2) is 0 Å². The van der Waals surface area contributed by atoms with Crippen LogP contribution in [0.1, 0.15) is 46.1 Å². The van der Waals surface area contributed by atoms with E-state index in [9.17, 15) is 28.5 Å². The number of hydrogen-bond acceptors (Lipinski definition) is 9. The molecule has 1 saturated heterocycles. The molecule has 42 heavy (non-hydrogen) atoms. The van der Waals surface area contributed by atoms with Gasteiger partial charge in [-0.2, -0.15) is 0 Å². The molecular formula is C28H42N4O9P+. The lowest BCUT2D eigenvalue weighted by atomic mass is 10.0. The summed E-state index contributed by atoms with van der Waals surface area (Å²) in [6.45, 7) is 7.21. The molecule has 0 aromatic heterocycles. The van der Waals surface area contributed by atoms with Crippen molar-refractivity contribution in [3.8, 4) is 0 Å². The zero-order valence-corrected chi connectivity index (χ0v) is 25.7. The first-order chi connectivity index (χ1) is 19.8. The van der Waals surface area contributed by atoms with E-state index in [1.165, 1.54) is 13.6 Å². The van der Waals surface area contributed by atoms with E-state index in [0.717, 1.165) is 5.56 Å². The Hall–Kier alpha value is -3.25. The van der Waals surface area contributed by atoms with Gasteiger partial charge in [0.05, 0.1) is 19.8 Å². The minimum Gasteiger partial charge on any atom is -0.362 e. The van der Waals surface area contributed by atoms with Gasteiger partial charge in [0.25, 0.3) is 0 Å². The van der Waals surface area contributed by atoms with Gasteiger partial charge in [-0.05, 0) is 42.2 Å². The first kappa shape index (κ1) is 34.9. The standard InChI is InChI=1S/C28H41N4O9P/c1-18(2)13-22(31-26(36)21(30-19(3)33)12-11-20-9-7-6-8-10-20)27(37)32-23(15-39-17-41-42(5)38)25(35)29-14-24(34)28(4)16-40-28/h6-10,18,21-23H,11-17H2,1-5H3,(H3-,29,30,31,32,33,35,36,37)/p+1/t21-,22-,23-,28+/m0/s1. The highest BCUT2D eigenvalue weighted by molar-refractivity contribution is 7.38. The fourth-order valence-corrected chi connectivity index (χ4v) is 4.15. The number of amides is 4. The molecule has 1 unspecified atom stereocenters. The van der Waals surface area contributed by atoms with Crippen molar-refractivity contribution in [3.05, 3.63) is 35.9 Å². The van der Waals surface area contributed by atoms with Crippen molar-refractivity contribution >= 4 is 37.4 Å². The molecule has 1 aliphatic heterocycles. The van der Waals surface area contributed by atoms with Crippen molar-refractivity contribution in [3.63, 3.8) is 0 Å². The van der Waals surface area contributed by atoms with Crippen LogP contribution in [0.3, 0.4) is 0 Å². The summed E-state index contributed by atoms with van der Waals surface area (Å²) in [7, 11) is -1.95. The maximum atomic E-state index is 13.4. The molecule has 13 nitrogen and oxygen atoms in total. The first-order valence-corrected chi connectivity index (χ1v) is 15.4. The highest BCUT2D eigenvalue weighted by Gasteiger charge is 2.46. The molecule has 14 heteroatoms. The summed E-state index contributed by atoms with van der Waals surface area (Å²) in [5.74, 6) is -2.62. The van der Waals surface area contributed by atoms with Gasteiger partial charge in [0, 0.05) is 6.92 Å². The van der Waals surface area contributed by atoms with Crippen molar-refractivity contribution in [2.45, 2.75) is 70.7 Å². The van der Waals surface area contributed by atoms with Gasteiger partial charge in [0.2, 0.25) is 30.4 Å². The van der Waals surface area contributed by atoms with Crippen LogP contribution in [-0.4, -0.2) is 86.4 Å². The molecule has 0 bridgehead atoms. The average Bonchev–Trinajstić information content (AvgIpc) is 3.68. The predicted octanol–water partition coefficient (Wildman–Crippen LogP) is 0.977. The SMILES string of the molecule is CC(=O)N[C@@H](CCc1ccccc1)C(=O)N[C@@H](CC(C)C)C(=O)N[C@@H](COCO[P+](C)=O)C(=O)NCC(=O)[C@@]1(C)CO1. The molecule has 0 spiro atoms. The van der Waals surface area contributed by atoms with Crippen LogP contribution in [0.2, 0.25) is 0 Å². The lowest BCUT2D eigenvalue weighted by molar-refractivity contribution is -0.135. The van der Waals surface area contributed by atoms with Crippen LogP contribution in [0.15, 0.2) is 30.3 Å². The molecular weight excluding hydrogens is 567 g/mol. The van der Waals surface area contributed by atoms with Crippen LogP contribution in [0.25, 0.3) is 0 Å². The van der Waals surface area contributed by atoms with Crippen LogP contribution in [-0.2, 0) is 49.0 Å². The summed E-state index contributed by atoms with van der Waals surface area (Å²) in [4.78, 5) is 63.7. The molecule has 0 saturated carbocycles. The molecule has 0 radical (unpaired) electrons. The molecule has 232 valence electrons. The molecule has 1 aliphatic rings. The van der Waals surface area contributed by atoms with Crippen LogP contribution < -0.4 is 21.3 Å². The Bertz CT molecular complexity index is 1110. The topological polar surface area (TPSA) is 182 Å². The summed E-state index contributed by atoms with van der Waals surface area (Å²) in [5.41, 5.74) is 0.0590. The van der Waals surface area contributed by atoms with E-state index in [-0.39, 0.29) is 44.7 Å². The van der Waals surface area contributed by atoms with Gasteiger partial charge < -0.3 is 30.7 Å². The molecule has 4 N–H and O–H groups in total. The Morgan fingerprint density at radius 1 is 0.976 bits per heavy atom. The van der Waals surface area contributed by atoms with Crippen molar-refractivity contribution in [2.75, 3.05) is 33.2 Å². The van der Waals surface area contributed by atoms with E-state index in [2.05, 4.69) is 21.3 Å². The number of carbonyl (C=O) groups excluding carboxylic acids is 5. The van der Waals surface area contributed by atoms with Crippen molar-refractivity contribution < 1.29 is 42.5 Å². The number of hydrogen-bond donors (Lipinski definition) is 4. The van der Waals surface area contributed by atoms with E-state index >= 15 is 0 Å². The fourth-order valence-electron chi connectivity index (χ4n) is 3.92. The van der Waals surface area contributed by atoms with E-state index in [1.807, 2.05) is 44.2 Å². The van der Waals surface area contributed by atoms with Gasteiger partial charge in [0.1, 0.15) is 23.7 Å². The zero-order valence-electron chi connectivity index (χ0n) is 24.8. The molecule has 2 rings (SSSR count). The second kappa shape index (κ2) is 17.0. The second-order valence-corrected chi connectivity index (χ2v) is 11.9. The Balaban J connectivity index is 2.11. The number of nitrogens with one attached hydrogen (secondary N) is 4. The predicted molar refractivity (Wildman–Crippen MR) is 153 cm³/mol. The van der Waals surface area contributed by atoms with Crippen LogP contribution in [0, 0.1) is 5.92 Å². The third-order valence-corrected chi connectivity index (χ3v) is 6.89. The Morgan fingerprint density at radius 2 is 1.60 bits per heavy atom. The van der Waals surface area contributed by atoms with Gasteiger partial charge in [-0.1, -0.05) is 44.2 Å². The normalized spacial score (nSPS) is 18.3. The first-order valence-electron chi connectivity index (χ1n) is 13.8. The highest BCUT2D eigenvalue weighted by atomic mass is 31.1. The van der Waals surface area contributed by atoms with E-state index in [1.54, 1.807) is 6.92 Å². The summed E-state index contributed by atoms with van der Waals surface area (Å²) in [6.07, 6.45) is 1.07. The quantitative estimate of drug-likeness (QED) is 0.0769. The lowest BCUT2D eigenvalue weighted by Crippen LogP contribution is -2.58. The number of rotatable bonds is 19. The number of benzene rings is 1. The lowest BCUT2D eigenvalue weighted by Gasteiger charge is -2.26. The second-order valence-electron chi connectivity index (χ2n) is 10.7. The van der Waals surface area contributed by atoms with E-state index in [0.29, 0.717) is 12.8 Å². The number of carbonyl (C=O) groups is 5. The summed E-state index contributed by atoms with van der Waals surface area (Å²) in [6, 6.07) is 6.29. The largest absolute Gasteiger partial charge is 0.507 e. The smallest absolute Gasteiger partial charge is 0.362 e. The van der Waals surface area contributed by atoms with Crippen LogP contribution in [0.4, 0.5) is 0 Å². The van der Waals surface area contributed by atoms with Gasteiger partial charge in [-0.3, -0.25) is 24.0 Å². The number of Topliss-reactive ketones (excluding diaryl/α,β-unsaturated/α-hetero) is 1. The number of ether oxygens (including phenoxy) is 2. The summed E-state index contributed by atoms with van der Waals surface area (Å²) >= 11 is 0. The number of ketones is 1. The average molecular weight is 610 g/mol. The van der Waals surface area contributed by atoms with Crippen LogP contribution >= 0.6 is 8.03 Å².